The first-order valence-corrected chi connectivity index (χ1v) is 5.64. The highest BCUT2D eigenvalue weighted by Gasteiger charge is 2.25. The minimum Gasteiger partial charge on any atom is -0.384 e. The molecule has 16 heavy (non-hydrogen) atoms. The average molecular weight is 223 g/mol. The summed E-state index contributed by atoms with van der Waals surface area (Å²) in [5, 5.41) is 13.4. The van der Waals surface area contributed by atoms with Crippen molar-refractivity contribution >= 4 is 5.91 Å². The molecular formula is C11H17N3O2. The summed E-state index contributed by atoms with van der Waals surface area (Å²) in [6, 6.07) is 2.29. The minimum atomic E-state index is -0.888. The molecule has 1 amide bonds. The van der Waals surface area contributed by atoms with E-state index in [1.807, 2.05) is 16.9 Å². The van der Waals surface area contributed by atoms with Crippen molar-refractivity contribution in [2.24, 2.45) is 0 Å². The number of nitrogens with zero attached hydrogens (tertiary/aromatic N) is 3. The highest BCUT2D eigenvalue weighted by Crippen LogP contribution is 2.21. The predicted octanol–water partition coefficient (Wildman–Crippen LogP) is 0.427. The van der Waals surface area contributed by atoms with E-state index in [0.717, 1.165) is 12.8 Å². The molecular weight excluding hydrogens is 206 g/mol. The van der Waals surface area contributed by atoms with Crippen LogP contribution in [0.1, 0.15) is 25.8 Å². The standard InChI is InChI=1S/C11H17N3O2/c1-9(15)11(16)13-7-3-10(4-8-13)14-6-2-5-12-14/h2,5-6,9-10,15H,3-4,7-8H2,1H3/t9-/m0/s1. The molecule has 2 rings (SSSR count). The Hall–Kier alpha value is -1.36. The molecule has 0 spiro atoms. The minimum absolute atomic E-state index is 0.168. The van der Waals surface area contributed by atoms with E-state index >= 15 is 0 Å². The van der Waals surface area contributed by atoms with Gasteiger partial charge in [0.25, 0.3) is 5.91 Å². The number of hydrogen-bond acceptors (Lipinski definition) is 3. The van der Waals surface area contributed by atoms with Crippen LogP contribution in [-0.4, -0.2) is 44.9 Å². The molecule has 1 N–H and O–H groups in total. The van der Waals surface area contributed by atoms with Gasteiger partial charge in [-0.1, -0.05) is 0 Å². The third-order valence-electron chi connectivity index (χ3n) is 3.03. The summed E-state index contributed by atoms with van der Waals surface area (Å²) >= 11 is 0. The first kappa shape index (κ1) is 11.1. The van der Waals surface area contributed by atoms with Crippen LogP contribution in [0.25, 0.3) is 0 Å². The Morgan fingerprint density at radius 2 is 2.19 bits per heavy atom. The Morgan fingerprint density at radius 3 is 2.69 bits per heavy atom. The lowest BCUT2D eigenvalue weighted by Gasteiger charge is -2.32. The lowest BCUT2D eigenvalue weighted by molar-refractivity contribution is -0.140. The second-order valence-corrected chi connectivity index (χ2v) is 4.22. The zero-order chi connectivity index (χ0) is 11.5. The fourth-order valence-electron chi connectivity index (χ4n) is 2.11. The summed E-state index contributed by atoms with van der Waals surface area (Å²) < 4.78 is 1.95. The molecule has 1 saturated heterocycles. The molecule has 1 aliphatic heterocycles. The smallest absolute Gasteiger partial charge is 0.251 e. The number of amides is 1. The number of aromatic nitrogens is 2. The second kappa shape index (κ2) is 4.65. The lowest BCUT2D eigenvalue weighted by atomic mass is 10.0. The molecule has 0 bridgehead atoms. The van der Waals surface area contributed by atoms with E-state index in [1.54, 1.807) is 11.1 Å². The Bertz CT molecular complexity index is 340. The summed E-state index contributed by atoms with van der Waals surface area (Å²) in [6.45, 7) is 2.92. The van der Waals surface area contributed by atoms with E-state index in [-0.39, 0.29) is 5.91 Å². The van der Waals surface area contributed by atoms with Crippen molar-refractivity contribution in [2.75, 3.05) is 13.1 Å². The van der Waals surface area contributed by atoms with E-state index in [4.69, 9.17) is 0 Å². The maximum Gasteiger partial charge on any atom is 0.251 e. The van der Waals surface area contributed by atoms with Crippen LogP contribution < -0.4 is 0 Å². The SMILES string of the molecule is C[C@H](O)C(=O)N1CCC(n2cccn2)CC1. The van der Waals surface area contributed by atoms with Gasteiger partial charge in [0.2, 0.25) is 0 Å². The van der Waals surface area contributed by atoms with Crippen LogP contribution in [0.5, 0.6) is 0 Å². The Labute approximate surface area is 94.7 Å². The van der Waals surface area contributed by atoms with Crippen LogP contribution in [0.4, 0.5) is 0 Å². The van der Waals surface area contributed by atoms with Gasteiger partial charge in [0.1, 0.15) is 6.10 Å². The molecule has 88 valence electrons. The van der Waals surface area contributed by atoms with Gasteiger partial charge in [0.05, 0.1) is 6.04 Å². The van der Waals surface area contributed by atoms with Gasteiger partial charge < -0.3 is 10.0 Å². The maximum atomic E-state index is 11.5. The van der Waals surface area contributed by atoms with Gasteiger partial charge in [-0.25, -0.2) is 0 Å². The molecule has 2 heterocycles. The lowest BCUT2D eigenvalue weighted by Crippen LogP contribution is -2.43. The monoisotopic (exact) mass is 223 g/mol. The van der Waals surface area contributed by atoms with E-state index < -0.39 is 6.10 Å². The van der Waals surface area contributed by atoms with Crippen LogP contribution >= 0.6 is 0 Å². The molecule has 0 aromatic carbocycles. The van der Waals surface area contributed by atoms with Crippen LogP contribution in [0.3, 0.4) is 0 Å². The second-order valence-electron chi connectivity index (χ2n) is 4.22. The first-order chi connectivity index (χ1) is 7.68. The van der Waals surface area contributed by atoms with Crippen molar-refractivity contribution in [2.45, 2.75) is 31.9 Å². The fraction of sp³-hybridized carbons (Fsp3) is 0.636. The number of carbonyl (C=O) groups is 1. The van der Waals surface area contributed by atoms with Gasteiger partial charge in [0.15, 0.2) is 0 Å². The molecule has 1 aromatic heterocycles. The Morgan fingerprint density at radius 1 is 1.50 bits per heavy atom. The number of rotatable bonds is 2. The van der Waals surface area contributed by atoms with Gasteiger partial charge in [-0.15, -0.1) is 0 Å². The molecule has 5 nitrogen and oxygen atoms in total. The molecule has 0 saturated carbocycles. The average Bonchev–Trinajstić information content (AvgIpc) is 2.81. The van der Waals surface area contributed by atoms with Crippen molar-refractivity contribution in [1.29, 1.82) is 0 Å². The maximum absolute atomic E-state index is 11.5. The summed E-state index contributed by atoms with van der Waals surface area (Å²) in [7, 11) is 0. The molecule has 0 radical (unpaired) electrons. The molecule has 5 heteroatoms. The zero-order valence-corrected chi connectivity index (χ0v) is 9.41. The number of carbonyl (C=O) groups excluding carboxylic acids is 1. The van der Waals surface area contributed by atoms with E-state index in [9.17, 15) is 9.90 Å². The molecule has 0 unspecified atom stereocenters. The highest BCUT2D eigenvalue weighted by atomic mass is 16.3. The van der Waals surface area contributed by atoms with Gasteiger partial charge in [-0.05, 0) is 25.8 Å². The zero-order valence-electron chi connectivity index (χ0n) is 9.41. The molecule has 1 fully saturated rings. The van der Waals surface area contributed by atoms with Crippen molar-refractivity contribution < 1.29 is 9.90 Å². The van der Waals surface area contributed by atoms with Gasteiger partial charge >= 0.3 is 0 Å². The summed E-state index contributed by atoms with van der Waals surface area (Å²) in [5.41, 5.74) is 0. The number of piperidine rings is 1. The summed E-state index contributed by atoms with van der Waals surface area (Å²) in [5.74, 6) is -0.168. The van der Waals surface area contributed by atoms with Crippen LogP contribution in [0, 0.1) is 0 Å². The van der Waals surface area contributed by atoms with Crippen molar-refractivity contribution in [3.63, 3.8) is 0 Å². The number of likely N-dealkylation sites (tertiary alicyclic amines) is 1. The van der Waals surface area contributed by atoms with Gasteiger partial charge in [-0.2, -0.15) is 5.10 Å². The van der Waals surface area contributed by atoms with Crippen molar-refractivity contribution in [3.05, 3.63) is 18.5 Å². The Kier molecular flexibility index (Phi) is 3.24. The Balaban J connectivity index is 1.90. The van der Waals surface area contributed by atoms with E-state index in [1.165, 1.54) is 6.92 Å². The normalized spacial score (nSPS) is 19.8. The van der Waals surface area contributed by atoms with E-state index in [2.05, 4.69) is 5.10 Å². The van der Waals surface area contributed by atoms with Crippen LogP contribution in [0.2, 0.25) is 0 Å². The fourth-order valence-corrected chi connectivity index (χ4v) is 2.11. The van der Waals surface area contributed by atoms with E-state index in [0.29, 0.717) is 19.1 Å². The number of aliphatic hydroxyl groups is 1. The number of aliphatic hydroxyl groups excluding tert-OH is 1. The topological polar surface area (TPSA) is 58.4 Å². The van der Waals surface area contributed by atoms with Gasteiger partial charge in [0, 0.05) is 25.5 Å². The molecule has 1 aliphatic rings. The summed E-state index contributed by atoms with van der Waals surface area (Å²) in [4.78, 5) is 13.3. The largest absolute Gasteiger partial charge is 0.384 e. The van der Waals surface area contributed by atoms with Gasteiger partial charge in [-0.3, -0.25) is 9.48 Å². The third kappa shape index (κ3) is 2.24. The number of hydrogen-bond donors (Lipinski definition) is 1. The molecule has 0 aliphatic carbocycles. The van der Waals surface area contributed by atoms with Crippen molar-refractivity contribution in [1.82, 2.24) is 14.7 Å². The van der Waals surface area contributed by atoms with Crippen molar-refractivity contribution in [3.8, 4) is 0 Å². The molecule has 1 aromatic rings. The quantitative estimate of drug-likeness (QED) is 0.791. The third-order valence-corrected chi connectivity index (χ3v) is 3.03. The molecule has 1 atom stereocenters. The first-order valence-electron chi connectivity index (χ1n) is 5.64. The predicted molar refractivity (Wildman–Crippen MR) is 58.8 cm³/mol. The van der Waals surface area contributed by atoms with Crippen LogP contribution in [0.15, 0.2) is 18.5 Å². The highest BCUT2D eigenvalue weighted by molar-refractivity contribution is 5.80. The summed E-state index contributed by atoms with van der Waals surface area (Å²) in [6.07, 6.45) is 4.64. The van der Waals surface area contributed by atoms with Crippen LogP contribution in [-0.2, 0) is 4.79 Å².